The van der Waals surface area contributed by atoms with Crippen LogP contribution in [0.1, 0.15) is 32.1 Å². The molecule has 3 heteroatoms. The van der Waals surface area contributed by atoms with Crippen molar-refractivity contribution in [1.29, 1.82) is 0 Å². The first kappa shape index (κ1) is 9.66. The van der Waals surface area contributed by atoms with E-state index < -0.39 is 17.9 Å². The molecule has 0 bridgehead atoms. The molecule has 0 saturated carbocycles. The van der Waals surface area contributed by atoms with Gasteiger partial charge >= 0.3 is 5.97 Å². The summed E-state index contributed by atoms with van der Waals surface area (Å²) in [6, 6.07) is 7.94. The first-order valence-corrected chi connectivity index (χ1v) is 5.99. The maximum atomic E-state index is 12.1. The summed E-state index contributed by atoms with van der Waals surface area (Å²) < 4.78 is 21.5. The number of benzene rings is 1. The first-order valence-electron chi connectivity index (χ1n) is 6.93. The summed E-state index contributed by atoms with van der Waals surface area (Å²) in [7, 11) is 1.33. The molecule has 92 valence electrons. The third-order valence-corrected chi connectivity index (χ3v) is 3.06. The molecule has 0 amide bonds. The van der Waals surface area contributed by atoms with Crippen molar-refractivity contribution in [2.45, 2.75) is 31.2 Å². The lowest BCUT2D eigenvalue weighted by atomic mass is 9.86. The molecule has 1 saturated heterocycles. The summed E-state index contributed by atoms with van der Waals surface area (Å²) in [5.74, 6) is -1.18. The number of carbonyl (C=O) groups is 1. The highest BCUT2D eigenvalue weighted by molar-refractivity contribution is 5.79. The standard InChI is InChI=1S/C14H19NO2/c1-17-14(16)13(11-7-3-2-4-8-11)12-9-5-6-10-15-12/h2-4,7-8,12-13,15H,5-6,9-10H2,1H3/t12-,13-/m1/s1/i12D/hD. The zero-order chi connectivity index (χ0) is 13.9. The van der Waals surface area contributed by atoms with E-state index in [-0.39, 0.29) is 0 Å². The van der Waals surface area contributed by atoms with Gasteiger partial charge in [0.25, 0.3) is 0 Å². The number of carbonyl (C=O) groups excluding carboxylic acids is 1. The normalized spacial score (nSPS) is 29.0. The summed E-state index contributed by atoms with van der Waals surface area (Å²) in [5, 5.41) is 1.23. The minimum atomic E-state index is -1.24. The average molecular weight is 235 g/mol. The molecule has 3 nitrogen and oxygen atoms in total. The molecule has 0 aromatic heterocycles. The SMILES string of the molecule is [2H]N1CCCC[C@]1([2H])[C@H](C(=O)OC)c1ccccc1. The highest BCUT2D eigenvalue weighted by atomic mass is 16.5. The third kappa shape index (κ3) is 2.86. The molecular weight excluding hydrogens is 214 g/mol. The smallest absolute Gasteiger partial charge is 0.314 e. The Morgan fingerprint density at radius 2 is 2.29 bits per heavy atom. The second-order valence-electron chi connectivity index (χ2n) is 4.20. The Kier molecular flexibility index (Phi) is 3.31. The van der Waals surface area contributed by atoms with Crippen LogP contribution in [0.15, 0.2) is 30.3 Å². The summed E-state index contributed by atoms with van der Waals surface area (Å²) >= 11 is 0. The quantitative estimate of drug-likeness (QED) is 0.815. The maximum Gasteiger partial charge on any atom is 0.314 e. The topological polar surface area (TPSA) is 38.3 Å². The molecule has 1 fully saturated rings. The molecule has 1 aliphatic rings. The van der Waals surface area contributed by atoms with E-state index in [1.165, 1.54) is 12.4 Å². The van der Waals surface area contributed by atoms with Crippen LogP contribution in [0.5, 0.6) is 0 Å². The van der Waals surface area contributed by atoms with Gasteiger partial charge in [-0.3, -0.25) is 4.79 Å². The number of rotatable bonds is 3. The van der Waals surface area contributed by atoms with E-state index in [0.29, 0.717) is 13.0 Å². The minimum absolute atomic E-state index is 0.444. The number of hydrogen-bond acceptors (Lipinski definition) is 3. The van der Waals surface area contributed by atoms with Crippen LogP contribution in [-0.4, -0.2) is 25.6 Å². The lowest BCUT2D eigenvalue weighted by molar-refractivity contribution is -0.143. The highest BCUT2D eigenvalue weighted by Gasteiger charge is 2.31. The molecule has 1 aliphatic heterocycles. The molecule has 1 aromatic rings. The molecule has 2 atom stereocenters. The Hall–Kier alpha value is -1.35. The number of nitrogens with one attached hydrogen (secondary N) is 1. The van der Waals surface area contributed by atoms with Crippen LogP contribution in [0.4, 0.5) is 0 Å². The molecule has 0 radical (unpaired) electrons. The number of hydrogen-bond donors (Lipinski definition) is 1. The van der Waals surface area contributed by atoms with Gasteiger partial charge < -0.3 is 10.0 Å². The third-order valence-electron chi connectivity index (χ3n) is 3.06. The summed E-state index contributed by atoms with van der Waals surface area (Å²) in [6.45, 7) is 0.518. The van der Waals surface area contributed by atoms with Gasteiger partial charge in [-0.15, -0.1) is 0 Å². The van der Waals surface area contributed by atoms with E-state index in [1.807, 2.05) is 30.3 Å². The van der Waals surface area contributed by atoms with Crippen molar-refractivity contribution >= 4 is 5.97 Å². The van der Waals surface area contributed by atoms with Crippen molar-refractivity contribution in [2.24, 2.45) is 0 Å². The fraction of sp³-hybridized carbons (Fsp3) is 0.500. The van der Waals surface area contributed by atoms with Crippen molar-refractivity contribution in [3.8, 4) is 0 Å². The molecular formula is C14H19NO2. The molecule has 1 N–H and O–H groups in total. The van der Waals surface area contributed by atoms with Gasteiger partial charge in [0.15, 0.2) is 0 Å². The highest BCUT2D eigenvalue weighted by Crippen LogP contribution is 2.26. The Morgan fingerprint density at radius 3 is 2.94 bits per heavy atom. The van der Waals surface area contributed by atoms with Crippen molar-refractivity contribution in [2.75, 3.05) is 13.7 Å². The fourth-order valence-electron chi connectivity index (χ4n) is 2.18. The predicted molar refractivity (Wildman–Crippen MR) is 66.8 cm³/mol. The van der Waals surface area contributed by atoms with Gasteiger partial charge in [-0.25, -0.2) is 0 Å². The molecule has 0 spiro atoms. The fourth-order valence-corrected chi connectivity index (χ4v) is 2.18. The van der Waals surface area contributed by atoms with Gasteiger partial charge in [0, 0.05) is 7.39 Å². The van der Waals surface area contributed by atoms with Gasteiger partial charge in [-0.1, -0.05) is 36.8 Å². The van der Waals surface area contributed by atoms with Crippen LogP contribution in [0.3, 0.4) is 0 Å². The van der Waals surface area contributed by atoms with Gasteiger partial charge in [0.1, 0.15) is 1.41 Å². The molecule has 0 unspecified atom stereocenters. The average Bonchev–Trinajstić information content (AvgIpc) is 2.43. The van der Waals surface area contributed by atoms with Crippen molar-refractivity contribution in [1.82, 2.24) is 5.31 Å². The second kappa shape index (κ2) is 5.82. The summed E-state index contributed by atoms with van der Waals surface area (Å²) in [6.07, 6.45) is 2.26. The molecule has 1 aromatic carbocycles. The van der Waals surface area contributed by atoms with Gasteiger partial charge in [-0.2, -0.15) is 0 Å². The number of esters is 1. The van der Waals surface area contributed by atoms with E-state index in [0.717, 1.165) is 18.4 Å². The van der Waals surface area contributed by atoms with E-state index in [9.17, 15) is 4.79 Å². The molecule has 1 heterocycles. The van der Waals surface area contributed by atoms with Crippen LogP contribution >= 0.6 is 0 Å². The van der Waals surface area contributed by atoms with E-state index in [4.69, 9.17) is 7.52 Å². The molecule has 17 heavy (non-hydrogen) atoms. The van der Waals surface area contributed by atoms with Gasteiger partial charge in [0.2, 0.25) is 0 Å². The van der Waals surface area contributed by atoms with E-state index in [2.05, 4.69) is 0 Å². The van der Waals surface area contributed by atoms with Crippen LogP contribution in [0.25, 0.3) is 0 Å². The monoisotopic (exact) mass is 235 g/mol. The Balaban J connectivity index is 2.40. The van der Waals surface area contributed by atoms with Crippen LogP contribution in [0, 0.1) is 0 Å². The zero-order valence-electron chi connectivity index (χ0n) is 12.1. The van der Waals surface area contributed by atoms with Crippen LogP contribution in [-0.2, 0) is 9.53 Å². The van der Waals surface area contributed by atoms with Crippen molar-refractivity contribution < 1.29 is 12.3 Å². The second-order valence-corrected chi connectivity index (χ2v) is 4.20. The van der Waals surface area contributed by atoms with Crippen LogP contribution < -0.4 is 5.31 Å². The Morgan fingerprint density at radius 1 is 1.53 bits per heavy atom. The molecule has 2 rings (SSSR count). The maximum absolute atomic E-state index is 12.1. The van der Waals surface area contributed by atoms with E-state index in [1.54, 1.807) is 0 Å². The number of methoxy groups -OCH3 is 1. The summed E-state index contributed by atoms with van der Waals surface area (Å²) in [4.78, 5) is 12.1. The lowest BCUT2D eigenvalue weighted by Gasteiger charge is -2.29. The zero-order valence-corrected chi connectivity index (χ0v) is 10.1. The van der Waals surface area contributed by atoms with Gasteiger partial charge in [0.05, 0.1) is 13.0 Å². The lowest BCUT2D eigenvalue weighted by Crippen LogP contribution is -2.42. The van der Waals surface area contributed by atoms with Crippen molar-refractivity contribution in [3.05, 3.63) is 35.9 Å². The van der Waals surface area contributed by atoms with Crippen molar-refractivity contribution in [3.63, 3.8) is 0 Å². The van der Waals surface area contributed by atoms with Gasteiger partial charge in [-0.05, 0) is 24.9 Å². The summed E-state index contributed by atoms with van der Waals surface area (Å²) in [5.41, 5.74) is 0.739. The predicted octanol–water partition coefficient (Wildman–Crippen LogP) is 2.09. The minimum Gasteiger partial charge on any atom is -0.469 e. The number of piperidine rings is 1. The Bertz CT molecular complexity index is 440. The van der Waals surface area contributed by atoms with E-state index >= 15 is 0 Å². The largest absolute Gasteiger partial charge is 0.469 e. The number of ether oxygens (including phenoxy) is 1. The van der Waals surface area contributed by atoms with Crippen LogP contribution in [0.2, 0.25) is 1.41 Å². The Labute approximate surface area is 105 Å². The molecule has 0 aliphatic carbocycles. The first-order chi connectivity index (χ1) is 9.09.